The second-order valence-corrected chi connectivity index (χ2v) is 13.6. The maximum atomic E-state index is 15.1. The number of primary amides is 1. The number of hydrogen-bond acceptors (Lipinski definition) is 9. The number of alkyl halides is 1. The molecule has 0 bridgehead atoms. The van der Waals surface area contributed by atoms with Crippen molar-refractivity contribution in [2.45, 2.75) is 76.8 Å². The number of aryl methyl sites for hydroxylation is 2. The summed E-state index contributed by atoms with van der Waals surface area (Å²) in [5.41, 5.74) is 9.60. The second kappa shape index (κ2) is 11.9. The third-order valence-corrected chi connectivity index (χ3v) is 10.7. The van der Waals surface area contributed by atoms with Crippen LogP contribution in [0.1, 0.15) is 65.5 Å². The van der Waals surface area contributed by atoms with Crippen molar-refractivity contribution in [1.29, 1.82) is 0 Å². The van der Waals surface area contributed by atoms with Gasteiger partial charge in [-0.15, -0.1) is 0 Å². The van der Waals surface area contributed by atoms with Crippen LogP contribution < -0.4 is 20.3 Å². The van der Waals surface area contributed by atoms with Crippen molar-refractivity contribution in [3.05, 3.63) is 64.4 Å². The summed E-state index contributed by atoms with van der Waals surface area (Å²) in [5, 5.41) is 16.7. The molecule has 2 atom stereocenters. The minimum absolute atomic E-state index is 0.110. The molecule has 4 aliphatic heterocycles. The Labute approximate surface area is 277 Å². The molecule has 0 radical (unpaired) electrons. The predicted octanol–water partition coefficient (Wildman–Crippen LogP) is 4.26. The van der Waals surface area contributed by atoms with Gasteiger partial charge in [-0.2, -0.15) is 15.1 Å². The van der Waals surface area contributed by atoms with Crippen molar-refractivity contribution in [3.63, 3.8) is 0 Å². The van der Waals surface area contributed by atoms with E-state index in [2.05, 4.69) is 19.8 Å². The Morgan fingerprint density at radius 3 is 2.83 bits per heavy atom. The summed E-state index contributed by atoms with van der Waals surface area (Å²) in [7, 11) is 0. The second-order valence-electron chi connectivity index (χ2n) is 13.6. The van der Waals surface area contributed by atoms with Crippen molar-refractivity contribution in [2.24, 2.45) is 5.73 Å². The summed E-state index contributed by atoms with van der Waals surface area (Å²) < 4.78 is 37.9. The lowest BCUT2D eigenvalue weighted by atomic mass is 9.95. The summed E-state index contributed by atoms with van der Waals surface area (Å²) in [6.07, 6.45) is 4.85. The van der Waals surface area contributed by atoms with E-state index in [9.17, 15) is 14.3 Å². The van der Waals surface area contributed by atoms with Gasteiger partial charge in [-0.05, 0) is 61.7 Å². The van der Waals surface area contributed by atoms with Gasteiger partial charge < -0.3 is 25.4 Å². The number of anilines is 2. The van der Waals surface area contributed by atoms with Gasteiger partial charge in [-0.25, -0.2) is 8.78 Å². The zero-order valence-corrected chi connectivity index (χ0v) is 27.1. The first-order valence-corrected chi connectivity index (χ1v) is 16.9. The Balaban J connectivity index is 1.19. The number of phenols is 1. The van der Waals surface area contributed by atoms with Gasteiger partial charge in [0.25, 0.3) is 5.91 Å². The summed E-state index contributed by atoms with van der Waals surface area (Å²) in [4.78, 5) is 28.7. The normalized spacial score (nSPS) is 22.4. The van der Waals surface area contributed by atoms with Crippen molar-refractivity contribution < 1.29 is 23.4 Å². The third kappa shape index (κ3) is 5.19. The van der Waals surface area contributed by atoms with Gasteiger partial charge in [-0.1, -0.05) is 13.0 Å². The van der Waals surface area contributed by atoms with E-state index in [0.717, 1.165) is 65.0 Å². The number of aromatic nitrogens is 4. The molecule has 252 valence electrons. The standard InChI is InChI=1S/C35H40F2N8O3/c1-2-24-27(37)6-5-21-13-23(46)14-29(31(21)24)42-12-7-25-28(18-42)40-34(48-20-35-8-3-10-44(35)17-22(36)15-35)41-33(25)43-9-4-11-45-30(19-43)26(16-39-45)32(38)47/h5-6,13-14,16,22,46H,2-4,7-12,15,17-20H2,1H3,(H2,38,47)/t22-,35+/m1/s1. The zero-order valence-electron chi connectivity index (χ0n) is 27.1. The van der Waals surface area contributed by atoms with Crippen LogP contribution in [0.2, 0.25) is 0 Å². The van der Waals surface area contributed by atoms with Gasteiger partial charge in [0.15, 0.2) is 0 Å². The number of carbonyl (C=O) groups excluding carboxylic acids is 1. The molecule has 13 heteroatoms. The molecular weight excluding hydrogens is 618 g/mol. The van der Waals surface area contributed by atoms with Crippen molar-refractivity contribution in [3.8, 4) is 11.8 Å². The molecule has 1 amide bonds. The number of rotatable bonds is 7. The fourth-order valence-electron chi connectivity index (χ4n) is 8.47. The first kappa shape index (κ1) is 30.8. The Morgan fingerprint density at radius 1 is 1.12 bits per heavy atom. The lowest BCUT2D eigenvalue weighted by Crippen LogP contribution is -2.43. The molecule has 2 aromatic heterocycles. The number of phenolic OH excluding ortho intramolecular Hbond substituents is 1. The lowest BCUT2D eigenvalue weighted by Gasteiger charge is -2.35. The van der Waals surface area contributed by atoms with E-state index in [4.69, 9.17) is 20.4 Å². The molecule has 6 heterocycles. The fraction of sp³-hybridized carbons (Fsp3) is 0.486. The Bertz CT molecular complexity index is 1920. The highest BCUT2D eigenvalue weighted by molar-refractivity contribution is 5.98. The van der Waals surface area contributed by atoms with E-state index in [-0.39, 0.29) is 23.1 Å². The smallest absolute Gasteiger partial charge is 0.318 e. The van der Waals surface area contributed by atoms with Crippen LogP contribution in [0.4, 0.5) is 20.3 Å². The van der Waals surface area contributed by atoms with Gasteiger partial charge in [0.05, 0.1) is 41.8 Å². The van der Waals surface area contributed by atoms with Crippen molar-refractivity contribution in [1.82, 2.24) is 24.6 Å². The molecular formula is C35H40F2N8O3. The van der Waals surface area contributed by atoms with Gasteiger partial charge in [-0.3, -0.25) is 14.4 Å². The average Bonchev–Trinajstić information content (AvgIpc) is 3.69. The topological polar surface area (TPSA) is 126 Å². The number of amides is 1. The highest BCUT2D eigenvalue weighted by Gasteiger charge is 2.49. The minimum Gasteiger partial charge on any atom is -0.508 e. The Morgan fingerprint density at radius 2 is 2.00 bits per heavy atom. The molecule has 3 N–H and O–H groups in total. The number of nitrogens with two attached hydrogens (primary N) is 1. The van der Waals surface area contributed by atoms with E-state index in [1.807, 2.05) is 11.6 Å². The molecule has 4 aromatic rings. The van der Waals surface area contributed by atoms with Crippen molar-refractivity contribution in [2.75, 3.05) is 42.6 Å². The highest BCUT2D eigenvalue weighted by Crippen LogP contribution is 2.42. The van der Waals surface area contributed by atoms with Crippen LogP contribution in [-0.2, 0) is 32.5 Å². The molecule has 2 fully saturated rings. The maximum absolute atomic E-state index is 15.1. The summed E-state index contributed by atoms with van der Waals surface area (Å²) in [6.45, 7) is 6.21. The minimum atomic E-state index is -0.876. The van der Waals surface area contributed by atoms with E-state index < -0.39 is 12.1 Å². The van der Waals surface area contributed by atoms with Crippen LogP contribution in [0.5, 0.6) is 11.8 Å². The first-order valence-electron chi connectivity index (χ1n) is 16.9. The number of hydrogen-bond donors (Lipinski definition) is 2. The fourth-order valence-corrected chi connectivity index (χ4v) is 8.47. The molecule has 2 aromatic carbocycles. The van der Waals surface area contributed by atoms with Crippen LogP contribution in [0, 0.1) is 5.82 Å². The Kier molecular flexibility index (Phi) is 7.61. The summed E-state index contributed by atoms with van der Waals surface area (Å²) >= 11 is 0. The molecule has 11 nitrogen and oxygen atoms in total. The van der Waals surface area contributed by atoms with Gasteiger partial charge in [0.2, 0.25) is 0 Å². The molecule has 2 saturated heterocycles. The van der Waals surface area contributed by atoms with E-state index in [1.54, 1.807) is 18.2 Å². The van der Waals surface area contributed by atoms with Gasteiger partial charge >= 0.3 is 6.01 Å². The number of ether oxygens (including phenoxy) is 1. The number of fused-ring (bicyclic) bond motifs is 4. The van der Waals surface area contributed by atoms with Crippen LogP contribution in [0.3, 0.4) is 0 Å². The molecule has 0 aliphatic carbocycles. The summed E-state index contributed by atoms with van der Waals surface area (Å²) in [6, 6.07) is 6.76. The number of halogens is 2. The van der Waals surface area contributed by atoms with E-state index in [1.165, 1.54) is 12.3 Å². The SMILES string of the molecule is CCc1c(F)ccc2cc(O)cc(N3CCc4c(nc(OC[C@@]56CCCN5C[C@H](F)C6)nc4N4CCCn5ncc(C(N)=O)c5C4)C3)c12. The largest absolute Gasteiger partial charge is 0.508 e. The highest BCUT2D eigenvalue weighted by atomic mass is 19.1. The number of nitrogens with zero attached hydrogens (tertiary/aromatic N) is 7. The van der Waals surface area contributed by atoms with Crippen LogP contribution in [0.15, 0.2) is 30.5 Å². The van der Waals surface area contributed by atoms with Crippen LogP contribution >= 0.6 is 0 Å². The predicted molar refractivity (Wildman–Crippen MR) is 177 cm³/mol. The van der Waals surface area contributed by atoms with Gasteiger partial charge in [0, 0.05) is 55.3 Å². The molecule has 0 saturated carbocycles. The zero-order chi connectivity index (χ0) is 33.2. The maximum Gasteiger partial charge on any atom is 0.318 e. The molecule has 0 spiro atoms. The van der Waals surface area contributed by atoms with E-state index in [0.29, 0.717) is 76.3 Å². The van der Waals surface area contributed by atoms with Crippen molar-refractivity contribution >= 4 is 28.2 Å². The number of carbonyl (C=O) groups is 1. The molecule has 8 rings (SSSR count). The quantitative estimate of drug-likeness (QED) is 0.300. The first-order chi connectivity index (χ1) is 23.2. The number of aromatic hydroxyl groups is 1. The average molecular weight is 659 g/mol. The van der Waals surface area contributed by atoms with Crippen LogP contribution in [-0.4, -0.2) is 80.2 Å². The Hall–Kier alpha value is -4.52. The van der Waals surface area contributed by atoms with E-state index >= 15 is 4.39 Å². The summed E-state index contributed by atoms with van der Waals surface area (Å²) in [5.74, 6) is 0.0511. The third-order valence-electron chi connectivity index (χ3n) is 10.7. The molecule has 48 heavy (non-hydrogen) atoms. The lowest BCUT2D eigenvalue weighted by molar-refractivity contribution is 0.0999. The molecule has 0 unspecified atom stereocenters. The number of benzene rings is 2. The molecule has 4 aliphatic rings. The van der Waals surface area contributed by atoms with Gasteiger partial charge in [0.1, 0.15) is 30.2 Å². The van der Waals surface area contributed by atoms with Crippen LogP contribution in [0.25, 0.3) is 10.8 Å². The monoisotopic (exact) mass is 658 g/mol.